The van der Waals surface area contributed by atoms with E-state index in [0.29, 0.717) is 5.56 Å². The molecular weight excluding hydrogens is 413 g/mol. The minimum Gasteiger partial charge on any atom is -0.467 e. The van der Waals surface area contributed by atoms with Crippen LogP contribution in [0, 0.1) is 0 Å². The third-order valence-corrected chi connectivity index (χ3v) is 4.50. The third-order valence-electron chi connectivity index (χ3n) is 4.50. The lowest BCUT2D eigenvalue weighted by molar-refractivity contribution is -0.145. The number of alkyl halides is 3. The molecule has 2 aromatic rings. The summed E-state index contributed by atoms with van der Waals surface area (Å²) in [6, 6.07) is 11.2. The van der Waals surface area contributed by atoms with Crippen molar-refractivity contribution in [1.82, 2.24) is 10.6 Å². The van der Waals surface area contributed by atoms with Gasteiger partial charge in [-0.05, 0) is 23.3 Å². The number of ether oxygens (including phenoxy) is 1. The maximum absolute atomic E-state index is 12.8. The minimum atomic E-state index is -4.47. The normalized spacial score (nSPS) is 13.1. The molecule has 6 nitrogen and oxygen atoms in total. The number of esters is 1. The van der Waals surface area contributed by atoms with E-state index in [9.17, 15) is 27.6 Å². The van der Waals surface area contributed by atoms with E-state index in [2.05, 4.69) is 10.6 Å². The van der Waals surface area contributed by atoms with Crippen LogP contribution in [-0.2, 0) is 38.1 Å². The quantitative estimate of drug-likeness (QED) is 0.624. The Balaban J connectivity index is 2.16. The lowest BCUT2D eigenvalue weighted by Crippen LogP contribution is -2.53. The fourth-order valence-electron chi connectivity index (χ4n) is 2.98. The van der Waals surface area contributed by atoms with Crippen molar-refractivity contribution in [3.63, 3.8) is 0 Å². The van der Waals surface area contributed by atoms with Gasteiger partial charge in [0.05, 0.1) is 12.7 Å². The van der Waals surface area contributed by atoms with Gasteiger partial charge in [-0.3, -0.25) is 9.59 Å². The number of hydrogen-bond acceptors (Lipinski definition) is 4. The molecule has 0 aromatic heterocycles. The van der Waals surface area contributed by atoms with Crippen molar-refractivity contribution in [1.29, 1.82) is 0 Å². The van der Waals surface area contributed by atoms with Crippen LogP contribution in [0.4, 0.5) is 13.2 Å². The lowest BCUT2D eigenvalue weighted by Gasteiger charge is -2.22. The molecule has 0 saturated heterocycles. The van der Waals surface area contributed by atoms with E-state index < -0.39 is 41.6 Å². The largest absolute Gasteiger partial charge is 0.467 e. The van der Waals surface area contributed by atoms with Gasteiger partial charge in [0.25, 0.3) is 0 Å². The Morgan fingerprint density at radius 1 is 0.871 bits per heavy atom. The first-order valence-corrected chi connectivity index (χ1v) is 9.45. The average molecular weight is 436 g/mol. The fraction of sp³-hybridized carbons (Fsp3) is 0.318. The van der Waals surface area contributed by atoms with Gasteiger partial charge >= 0.3 is 12.1 Å². The molecule has 2 amide bonds. The molecule has 0 bridgehead atoms. The monoisotopic (exact) mass is 436 g/mol. The van der Waals surface area contributed by atoms with E-state index in [4.69, 9.17) is 4.74 Å². The van der Waals surface area contributed by atoms with E-state index in [0.717, 1.165) is 24.8 Å². The van der Waals surface area contributed by atoms with E-state index in [-0.39, 0.29) is 12.8 Å². The topological polar surface area (TPSA) is 84.5 Å². The van der Waals surface area contributed by atoms with Gasteiger partial charge in [0.1, 0.15) is 12.1 Å². The predicted molar refractivity (Wildman–Crippen MR) is 107 cm³/mol. The van der Waals surface area contributed by atoms with Gasteiger partial charge in [-0.2, -0.15) is 13.2 Å². The summed E-state index contributed by atoms with van der Waals surface area (Å²) in [5, 5.41) is 5.09. The van der Waals surface area contributed by atoms with Crippen molar-refractivity contribution in [2.24, 2.45) is 0 Å². The van der Waals surface area contributed by atoms with Crippen molar-refractivity contribution < 1.29 is 32.3 Å². The zero-order chi connectivity index (χ0) is 23.0. The van der Waals surface area contributed by atoms with Crippen LogP contribution >= 0.6 is 0 Å². The van der Waals surface area contributed by atoms with Gasteiger partial charge < -0.3 is 15.4 Å². The van der Waals surface area contributed by atoms with Crippen LogP contribution in [-0.4, -0.2) is 37.0 Å². The number of methoxy groups -OCH3 is 1. The molecule has 2 N–H and O–H groups in total. The number of benzene rings is 2. The van der Waals surface area contributed by atoms with Gasteiger partial charge in [0, 0.05) is 19.8 Å². The van der Waals surface area contributed by atoms with Crippen LogP contribution in [0.3, 0.4) is 0 Å². The van der Waals surface area contributed by atoms with Crippen molar-refractivity contribution in [3.8, 4) is 0 Å². The number of rotatable bonds is 8. The van der Waals surface area contributed by atoms with Crippen LogP contribution in [0.25, 0.3) is 0 Å². The maximum Gasteiger partial charge on any atom is 0.416 e. The van der Waals surface area contributed by atoms with E-state index in [1.165, 1.54) is 19.1 Å². The predicted octanol–water partition coefficient (Wildman–Crippen LogP) is 2.65. The van der Waals surface area contributed by atoms with E-state index in [1.807, 2.05) is 6.07 Å². The number of nitrogens with one attached hydrogen (secondary N) is 2. The Hall–Kier alpha value is -3.36. The van der Waals surface area contributed by atoms with Crippen molar-refractivity contribution in [2.45, 2.75) is 38.0 Å². The summed E-state index contributed by atoms with van der Waals surface area (Å²) < 4.78 is 43.0. The van der Waals surface area contributed by atoms with E-state index in [1.54, 1.807) is 24.3 Å². The molecule has 0 heterocycles. The van der Waals surface area contributed by atoms with Gasteiger partial charge in [0.15, 0.2) is 0 Å². The molecule has 0 fully saturated rings. The summed E-state index contributed by atoms with van der Waals surface area (Å²) in [4.78, 5) is 36.5. The summed E-state index contributed by atoms with van der Waals surface area (Å²) in [6.45, 7) is 1.27. The van der Waals surface area contributed by atoms with Crippen LogP contribution < -0.4 is 10.6 Å². The van der Waals surface area contributed by atoms with E-state index >= 15 is 0 Å². The number of hydrogen-bond donors (Lipinski definition) is 2. The number of halogens is 3. The molecule has 2 rings (SSSR count). The van der Waals surface area contributed by atoms with Crippen molar-refractivity contribution >= 4 is 17.8 Å². The Morgan fingerprint density at radius 3 is 1.94 bits per heavy atom. The summed E-state index contributed by atoms with van der Waals surface area (Å²) in [6.07, 6.45) is -4.35. The number of amides is 2. The van der Waals surface area contributed by atoms with Crippen molar-refractivity contribution in [3.05, 3.63) is 71.3 Å². The lowest BCUT2D eigenvalue weighted by atomic mass is 10.0. The maximum atomic E-state index is 12.8. The molecule has 0 aliphatic rings. The molecule has 0 spiro atoms. The Kier molecular flexibility index (Phi) is 8.18. The summed E-state index contributed by atoms with van der Waals surface area (Å²) in [5.74, 6) is -1.79. The first kappa shape index (κ1) is 23.9. The molecule has 166 valence electrons. The fourth-order valence-corrected chi connectivity index (χ4v) is 2.98. The van der Waals surface area contributed by atoms with Gasteiger partial charge in [-0.1, -0.05) is 42.5 Å². The molecular formula is C22H23F3N2O4. The second-order valence-electron chi connectivity index (χ2n) is 6.93. The van der Waals surface area contributed by atoms with Crippen LogP contribution in [0.1, 0.15) is 23.6 Å². The highest BCUT2D eigenvalue weighted by Crippen LogP contribution is 2.29. The molecule has 2 atom stereocenters. The standard InChI is InChI=1S/C22H23F3N2O4/c1-14(28)26-18(12-15-6-4-3-5-7-15)20(29)27-19(21(30)31-2)13-16-8-10-17(11-9-16)22(23,24)25/h3-11,18-19H,12-13H2,1-2H3,(H,26,28)(H,27,29)/t18-,19+/m1/s1. The Labute approximate surface area is 177 Å². The molecule has 9 heteroatoms. The molecule has 0 unspecified atom stereocenters. The first-order chi connectivity index (χ1) is 14.6. The molecule has 31 heavy (non-hydrogen) atoms. The molecule has 0 aliphatic heterocycles. The summed E-state index contributed by atoms with van der Waals surface area (Å²) in [5.41, 5.74) is 0.389. The van der Waals surface area contributed by atoms with Crippen LogP contribution in [0.5, 0.6) is 0 Å². The minimum absolute atomic E-state index is 0.0747. The van der Waals surface area contributed by atoms with Gasteiger partial charge in [-0.15, -0.1) is 0 Å². The smallest absolute Gasteiger partial charge is 0.416 e. The molecule has 2 aromatic carbocycles. The Morgan fingerprint density at radius 2 is 1.42 bits per heavy atom. The van der Waals surface area contributed by atoms with Crippen LogP contribution in [0.15, 0.2) is 54.6 Å². The van der Waals surface area contributed by atoms with Crippen molar-refractivity contribution in [2.75, 3.05) is 7.11 Å². The zero-order valence-electron chi connectivity index (χ0n) is 17.0. The molecule has 0 aliphatic carbocycles. The van der Waals surface area contributed by atoms with Gasteiger partial charge in [0.2, 0.25) is 11.8 Å². The number of carbonyl (C=O) groups is 3. The average Bonchev–Trinajstić information content (AvgIpc) is 2.72. The number of carbonyl (C=O) groups excluding carboxylic acids is 3. The molecule has 0 radical (unpaired) electrons. The second kappa shape index (κ2) is 10.6. The van der Waals surface area contributed by atoms with Gasteiger partial charge in [-0.25, -0.2) is 4.79 Å². The summed E-state index contributed by atoms with van der Waals surface area (Å²) >= 11 is 0. The zero-order valence-corrected chi connectivity index (χ0v) is 17.0. The highest BCUT2D eigenvalue weighted by atomic mass is 19.4. The SMILES string of the molecule is COC(=O)[C@H](Cc1ccc(C(F)(F)F)cc1)NC(=O)[C@@H](Cc1ccccc1)NC(C)=O. The first-order valence-electron chi connectivity index (χ1n) is 9.45. The second-order valence-corrected chi connectivity index (χ2v) is 6.93. The Bertz CT molecular complexity index is 899. The highest BCUT2D eigenvalue weighted by Gasteiger charge is 2.31. The highest BCUT2D eigenvalue weighted by molar-refractivity contribution is 5.90. The van der Waals surface area contributed by atoms with Crippen LogP contribution in [0.2, 0.25) is 0 Å². The molecule has 0 saturated carbocycles. The summed E-state index contributed by atoms with van der Waals surface area (Å²) in [7, 11) is 1.14. The third kappa shape index (κ3) is 7.44.